The number of benzene rings is 2. The number of rotatable bonds is 8. The van der Waals surface area contributed by atoms with Gasteiger partial charge in [0.05, 0.1) is 0 Å². The van der Waals surface area contributed by atoms with Gasteiger partial charge in [-0.3, -0.25) is 9.59 Å². The van der Waals surface area contributed by atoms with Gasteiger partial charge in [-0.2, -0.15) is 0 Å². The number of ether oxygens (including phenoxy) is 1. The minimum atomic E-state index is -0.606. The molecule has 144 valence electrons. The van der Waals surface area contributed by atoms with E-state index in [1.807, 2.05) is 38.1 Å². The number of carbonyl (C=O) groups is 2. The van der Waals surface area contributed by atoms with Crippen LogP contribution in [0.25, 0.3) is 0 Å². The summed E-state index contributed by atoms with van der Waals surface area (Å²) >= 11 is 5.86. The van der Waals surface area contributed by atoms with Crippen LogP contribution in [0.4, 0.5) is 0 Å². The first kappa shape index (κ1) is 20.8. The molecule has 0 spiro atoms. The zero-order valence-corrected chi connectivity index (χ0v) is 16.6. The maximum atomic E-state index is 12.8. The average molecular weight is 389 g/mol. The molecule has 0 radical (unpaired) electrons. The van der Waals surface area contributed by atoms with Crippen LogP contribution in [0.5, 0.6) is 5.75 Å². The minimum Gasteiger partial charge on any atom is -0.484 e. The van der Waals surface area contributed by atoms with Crippen LogP contribution in [-0.2, 0) is 16.1 Å². The van der Waals surface area contributed by atoms with Crippen molar-refractivity contribution in [3.63, 3.8) is 0 Å². The van der Waals surface area contributed by atoms with E-state index in [1.165, 1.54) is 0 Å². The highest BCUT2D eigenvalue weighted by Crippen LogP contribution is 2.17. The summed E-state index contributed by atoms with van der Waals surface area (Å²) in [6.45, 7) is 6.26. The molecule has 0 aliphatic carbocycles. The number of likely N-dealkylation sites (N-methyl/N-ethyl adjacent to an activating group) is 1. The zero-order valence-electron chi connectivity index (χ0n) is 15.9. The Kier molecular flexibility index (Phi) is 7.67. The lowest BCUT2D eigenvalue weighted by Crippen LogP contribution is -2.49. The molecule has 2 aromatic carbocycles. The number of hydrogen-bond donors (Lipinski definition) is 1. The van der Waals surface area contributed by atoms with Crippen molar-refractivity contribution in [1.29, 1.82) is 0 Å². The van der Waals surface area contributed by atoms with Crippen LogP contribution in [0.2, 0.25) is 5.02 Å². The molecule has 1 atom stereocenters. The molecule has 0 bridgehead atoms. The van der Waals surface area contributed by atoms with Gasteiger partial charge in [-0.25, -0.2) is 0 Å². The Hall–Kier alpha value is -2.53. The molecule has 0 aliphatic heterocycles. The average Bonchev–Trinajstić information content (AvgIpc) is 2.66. The highest BCUT2D eigenvalue weighted by molar-refractivity contribution is 6.30. The number of amides is 2. The number of nitrogens with zero attached hydrogens (tertiary/aromatic N) is 1. The van der Waals surface area contributed by atoms with Gasteiger partial charge < -0.3 is 15.0 Å². The number of carbonyl (C=O) groups excluding carboxylic acids is 2. The van der Waals surface area contributed by atoms with Crippen LogP contribution >= 0.6 is 11.6 Å². The molecular weight excluding hydrogens is 364 g/mol. The predicted octanol–water partition coefficient (Wildman–Crippen LogP) is 3.58. The first-order chi connectivity index (χ1) is 12.9. The molecule has 6 heteroatoms. The van der Waals surface area contributed by atoms with E-state index in [0.717, 1.165) is 11.1 Å². The van der Waals surface area contributed by atoms with Crippen LogP contribution in [0.1, 0.15) is 25.0 Å². The Bertz CT molecular complexity index is 777. The van der Waals surface area contributed by atoms with E-state index in [-0.39, 0.29) is 18.4 Å². The molecule has 1 N–H and O–H groups in total. The SMILES string of the molecule is CCNC(=O)C(C)N(Cc1ccccc1C)C(=O)COc1ccc(Cl)cc1. The fourth-order valence-corrected chi connectivity index (χ4v) is 2.76. The summed E-state index contributed by atoms with van der Waals surface area (Å²) in [6, 6.07) is 14.0. The fraction of sp³-hybridized carbons (Fsp3) is 0.333. The summed E-state index contributed by atoms with van der Waals surface area (Å²) in [6.07, 6.45) is 0. The van der Waals surface area contributed by atoms with Crippen LogP contribution in [0.3, 0.4) is 0 Å². The maximum absolute atomic E-state index is 12.8. The molecule has 0 heterocycles. The smallest absolute Gasteiger partial charge is 0.261 e. The van der Waals surface area contributed by atoms with Crippen LogP contribution in [-0.4, -0.2) is 35.9 Å². The second-order valence-electron chi connectivity index (χ2n) is 6.26. The molecule has 2 rings (SSSR count). The molecule has 0 saturated carbocycles. The summed E-state index contributed by atoms with van der Waals surface area (Å²) < 4.78 is 5.58. The lowest BCUT2D eigenvalue weighted by molar-refractivity contribution is -0.142. The van der Waals surface area contributed by atoms with E-state index in [0.29, 0.717) is 23.9 Å². The summed E-state index contributed by atoms with van der Waals surface area (Å²) in [5, 5.41) is 3.37. The normalized spacial score (nSPS) is 11.6. The molecule has 2 amide bonds. The molecule has 0 aromatic heterocycles. The summed E-state index contributed by atoms with van der Waals surface area (Å²) in [7, 11) is 0. The van der Waals surface area contributed by atoms with Crippen molar-refractivity contribution in [2.24, 2.45) is 0 Å². The van der Waals surface area contributed by atoms with Gasteiger partial charge in [-0.05, 0) is 56.2 Å². The monoisotopic (exact) mass is 388 g/mol. The third-order valence-electron chi connectivity index (χ3n) is 4.30. The highest BCUT2D eigenvalue weighted by Gasteiger charge is 2.26. The van der Waals surface area contributed by atoms with Gasteiger partial charge in [0, 0.05) is 18.1 Å². The Labute approximate surface area is 165 Å². The van der Waals surface area contributed by atoms with Crippen molar-refractivity contribution in [2.75, 3.05) is 13.2 Å². The fourth-order valence-electron chi connectivity index (χ4n) is 2.63. The van der Waals surface area contributed by atoms with Crippen LogP contribution < -0.4 is 10.1 Å². The van der Waals surface area contributed by atoms with Crippen molar-refractivity contribution < 1.29 is 14.3 Å². The Morgan fingerprint density at radius 3 is 2.44 bits per heavy atom. The van der Waals surface area contributed by atoms with Gasteiger partial charge in [-0.15, -0.1) is 0 Å². The third-order valence-corrected chi connectivity index (χ3v) is 4.55. The van der Waals surface area contributed by atoms with Crippen LogP contribution in [0, 0.1) is 6.92 Å². The molecule has 5 nitrogen and oxygen atoms in total. The predicted molar refractivity (Wildman–Crippen MR) is 107 cm³/mol. The lowest BCUT2D eigenvalue weighted by atomic mass is 10.1. The van der Waals surface area contributed by atoms with E-state index in [1.54, 1.807) is 36.1 Å². The van der Waals surface area contributed by atoms with Crippen molar-refractivity contribution in [1.82, 2.24) is 10.2 Å². The molecular formula is C21H25ClN2O3. The van der Waals surface area contributed by atoms with Gasteiger partial charge >= 0.3 is 0 Å². The second-order valence-corrected chi connectivity index (χ2v) is 6.70. The highest BCUT2D eigenvalue weighted by atomic mass is 35.5. The first-order valence-electron chi connectivity index (χ1n) is 8.92. The van der Waals surface area contributed by atoms with E-state index >= 15 is 0 Å². The van der Waals surface area contributed by atoms with Gasteiger partial charge in [0.15, 0.2) is 6.61 Å². The topological polar surface area (TPSA) is 58.6 Å². The summed E-state index contributed by atoms with van der Waals surface area (Å²) in [5.41, 5.74) is 2.06. The van der Waals surface area contributed by atoms with E-state index in [4.69, 9.17) is 16.3 Å². The van der Waals surface area contributed by atoms with Gasteiger partial charge in [0.25, 0.3) is 5.91 Å². The summed E-state index contributed by atoms with van der Waals surface area (Å²) in [4.78, 5) is 26.7. The lowest BCUT2D eigenvalue weighted by Gasteiger charge is -2.29. The van der Waals surface area contributed by atoms with Gasteiger partial charge in [0.1, 0.15) is 11.8 Å². The van der Waals surface area contributed by atoms with E-state index < -0.39 is 6.04 Å². The molecule has 2 aromatic rings. The molecule has 0 aliphatic rings. The standard InChI is InChI=1S/C21H25ClN2O3/c1-4-23-21(26)16(3)24(13-17-8-6-5-7-15(17)2)20(25)14-27-19-11-9-18(22)10-12-19/h5-12,16H,4,13-14H2,1-3H3,(H,23,26). The Balaban J connectivity index is 2.14. The largest absolute Gasteiger partial charge is 0.484 e. The van der Waals surface area contributed by atoms with Gasteiger partial charge in [0.2, 0.25) is 5.91 Å². The molecule has 0 fully saturated rings. The van der Waals surface area contributed by atoms with Gasteiger partial charge in [-0.1, -0.05) is 35.9 Å². The van der Waals surface area contributed by atoms with E-state index in [9.17, 15) is 9.59 Å². The number of nitrogens with one attached hydrogen (secondary N) is 1. The number of aryl methyl sites for hydroxylation is 1. The maximum Gasteiger partial charge on any atom is 0.261 e. The Morgan fingerprint density at radius 1 is 1.15 bits per heavy atom. The van der Waals surface area contributed by atoms with Crippen molar-refractivity contribution in [3.8, 4) is 5.75 Å². The first-order valence-corrected chi connectivity index (χ1v) is 9.30. The molecule has 27 heavy (non-hydrogen) atoms. The summed E-state index contributed by atoms with van der Waals surface area (Å²) in [5.74, 6) is 0.104. The van der Waals surface area contributed by atoms with Crippen molar-refractivity contribution >= 4 is 23.4 Å². The molecule has 1 unspecified atom stereocenters. The number of hydrogen-bond acceptors (Lipinski definition) is 3. The van der Waals surface area contributed by atoms with Crippen molar-refractivity contribution in [2.45, 2.75) is 33.4 Å². The Morgan fingerprint density at radius 2 is 1.81 bits per heavy atom. The van der Waals surface area contributed by atoms with Crippen LogP contribution in [0.15, 0.2) is 48.5 Å². The molecule has 0 saturated heterocycles. The minimum absolute atomic E-state index is 0.155. The number of halogens is 1. The quantitative estimate of drug-likeness (QED) is 0.751. The van der Waals surface area contributed by atoms with E-state index in [2.05, 4.69) is 5.32 Å². The van der Waals surface area contributed by atoms with Crippen molar-refractivity contribution in [3.05, 3.63) is 64.7 Å². The third kappa shape index (κ3) is 6.00. The zero-order chi connectivity index (χ0) is 19.8. The second kappa shape index (κ2) is 9.97.